The molecule has 0 saturated heterocycles. The number of benzene rings is 4. The summed E-state index contributed by atoms with van der Waals surface area (Å²) in [6.07, 6.45) is 0. The van der Waals surface area contributed by atoms with Crippen molar-refractivity contribution >= 4 is 33.8 Å². The van der Waals surface area contributed by atoms with E-state index < -0.39 is 11.5 Å². The first-order valence-electron chi connectivity index (χ1n) is 14.8. The van der Waals surface area contributed by atoms with Crippen molar-refractivity contribution < 1.29 is 41.9 Å². The number of carbonyl (C=O) groups is 1. The molecule has 0 bridgehead atoms. The molecule has 4 aromatic carbocycles. The van der Waals surface area contributed by atoms with Crippen molar-refractivity contribution in [2.75, 3.05) is 14.2 Å². The Bertz CT molecular complexity index is 1790. The van der Waals surface area contributed by atoms with Crippen molar-refractivity contribution in [3.63, 3.8) is 0 Å². The number of azo groups is 2. The Hall–Kier alpha value is -5.26. The van der Waals surface area contributed by atoms with Crippen LogP contribution >= 0.6 is 0 Å². The number of aromatic hydroxyl groups is 2. The zero-order valence-electron chi connectivity index (χ0n) is 27.7. The Kier molecular flexibility index (Phi) is 19.8. The van der Waals surface area contributed by atoms with Crippen LogP contribution in [-0.4, -0.2) is 45.2 Å². The molecule has 255 valence electrons. The van der Waals surface area contributed by atoms with E-state index in [9.17, 15) is 19.8 Å². The fraction of sp³-hybridized carbons (Fsp3) is 0.235. The van der Waals surface area contributed by atoms with E-state index >= 15 is 0 Å². The molecule has 47 heavy (non-hydrogen) atoms. The second kappa shape index (κ2) is 22.3. The number of nitrogens with one attached hydrogen (secondary N) is 1. The van der Waals surface area contributed by atoms with Gasteiger partial charge in [0.1, 0.15) is 22.9 Å². The number of phenolic OH excluding ortho intramolecular Hbond substituents is 2. The van der Waals surface area contributed by atoms with Gasteiger partial charge in [0, 0.05) is 35.6 Å². The van der Waals surface area contributed by atoms with Gasteiger partial charge in [-0.3, -0.25) is 9.89 Å². The maximum atomic E-state index is 12.0. The van der Waals surface area contributed by atoms with E-state index in [1.807, 2.05) is 71.9 Å². The standard InChI is InChI=1S/C17H14N2O3.C11H10N4O3.3C2H6.Cu/c1-22-12-7-9-16(20)15(10-12)19-18-14-8-6-11-4-2-3-5-13(11)17(14)21;1-12-13-8-9(11(17)18)14-15(10(8)16)7-5-3-2-4-6-7;3*1-2;/h2-10,20-21H,1H3;2-6,14H,1H3,(H,17,18);3*1-2H3;. The summed E-state index contributed by atoms with van der Waals surface area (Å²) in [6, 6.07) is 24.3. The van der Waals surface area contributed by atoms with Gasteiger partial charge in [0.2, 0.25) is 0 Å². The van der Waals surface area contributed by atoms with E-state index in [0.717, 1.165) is 10.1 Å². The third kappa shape index (κ3) is 11.2. The Morgan fingerprint density at radius 2 is 1.38 bits per heavy atom. The summed E-state index contributed by atoms with van der Waals surface area (Å²) in [5.41, 5.74) is 0.0860. The molecule has 12 nitrogen and oxygen atoms in total. The Labute approximate surface area is 285 Å². The van der Waals surface area contributed by atoms with Gasteiger partial charge >= 0.3 is 5.97 Å². The van der Waals surface area contributed by atoms with Gasteiger partial charge in [-0.25, -0.2) is 9.48 Å². The van der Waals surface area contributed by atoms with E-state index in [1.54, 1.807) is 48.5 Å². The SMILES string of the molecule is CC.CC.CC.CN=Nc1c(C(=O)O)[nH]n(-c2ccccc2)c1=O.COc1ccc(O)c(N=Nc2ccc3ccccc3c2O)c1.[Cu]. The minimum atomic E-state index is -1.26. The van der Waals surface area contributed by atoms with Crippen LogP contribution < -0.4 is 10.3 Å². The van der Waals surface area contributed by atoms with Crippen LogP contribution in [0.15, 0.2) is 110 Å². The number of carboxylic acid groups (broad SMARTS) is 1. The molecule has 1 heterocycles. The van der Waals surface area contributed by atoms with Crippen LogP contribution in [0.1, 0.15) is 52.0 Å². The summed E-state index contributed by atoms with van der Waals surface area (Å²) in [6.45, 7) is 12.0. The third-order valence-electron chi connectivity index (χ3n) is 5.62. The Balaban J connectivity index is 0.000000774. The minimum Gasteiger partial charge on any atom is -0.506 e. The van der Waals surface area contributed by atoms with Crippen molar-refractivity contribution in [3.05, 3.63) is 101 Å². The van der Waals surface area contributed by atoms with E-state index in [-0.39, 0.29) is 45.6 Å². The van der Waals surface area contributed by atoms with E-state index in [1.165, 1.54) is 20.2 Å². The normalized spacial score (nSPS) is 9.79. The van der Waals surface area contributed by atoms with Crippen LogP contribution in [0.2, 0.25) is 0 Å². The molecule has 0 fully saturated rings. The van der Waals surface area contributed by atoms with Crippen LogP contribution in [0.25, 0.3) is 16.5 Å². The van der Waals surface area contributed by atoms with Crippen molar-refractivity contribution in [2.24, 2.45) is 20.5 Å². The molecule has 5 aromatic rings. The van der Waals surface area contributed by atoms with Crippen molar-refractivity contribution in [1.29, 1.82) is 0 Å². The molecule has 1 aromatic heterocycles. The summed E-state index contributed by atoms with van der Waals surface area (Å²) < 4.78 is 6.20. The van der Waals surface area contributed by atoms with E-state index in [4.69, 9.17) is 9.84 Å². The number of nitrogens with zero attached hydrogens (tertiary/aromatic N) is 5. The first-order valence-corrected chi connectivity index (χ1v) is 14.8. The number of para-hydroxylation sites is 1. The molecular formula is C34H42CuN6O6. The zero-order valence-corrected chi connectivity index (χ0v) is 28.6. The molecule has 0 aliphatic heterocycles. The molecule has 0 spiro atoms. The molecule has 0 aliphatic rings. The van der Waals surface area contributed by atoms with Gasteiger partial charge in [0.05, 0.1) is 12.8 Å². The average molecular weight is 694 g/mol. The number of carboxylic acids is 1. The molecule has 0 unspecified atom stereocenters. The Morgan fingerprint density at radius 1 is 0.787 bits per heavy atom. The molecular weight excluding hydrogens is 652 g/mol. The van der Waals surface area contributed by atoms with Crippen LogP contribution in [-0.2, 0) is 17.1 Å². The second-order valence-electron chi connectivity index (χ2n) is 8.13. The first kappa shape index (κ1) is 41.7. The summed E-state index contributed by atoms with van der Waals surface area (Å²) in [5, 5.41) is 48.2. The number of hydrogen-bond donors (Lipinski definition) is 4. The van der Waals surface area contributed by atoms with E-state index in [0.29, 0.717) is 22.5 Å². The number of fused-ring (bicyclic) bond motifs is 1. The maximum Gasteiger partial charge on any atom is 0.356 e. The largest absolute Gasteiger partial charge is 0.506 e. The van der Waals surface area contributed by atoms with Crippen LogP contribution in [0.5, 0.6) is 17.2 Å². The fourth-order valence-electron chi connectivity index (χ4n) is 3.67. The number of methoxy groups -OCH3 is 1. The van der Waals surface area contributed by atoms with Gasteiger partial charge in [-0.05, 0) is 35.7 Å². The second-order valence-corrected chi connectivity index (χ2v) is 8.13. The number of rotatable bonds is 6. The quantitative estimate of drug-likeness (QED) is 0.102. The molecule has 4 N–H and O–H groups in total. The number of H-pyrrole nitrogens is 1. The Morgan fingerprint density at radius 3 is 1.98 bits per heavy atom. The summed E-state index contributed by atoms with van der Waals surface area (Å²) >= 11 is 0. The molecule has 13 heteroatoms. The van der Waals surface area contributed by atoms with Gasteiger partial charge in [0.15, 0.2) is 17.1 Å². The van der Waals surface area contributed by atoms with Gasteiger partial charge in [0.25, 0.3) is 5.56 Å². The van der Waals surface area contributed by atoms with Gasteiger partial charge in [-0.15, -0.1) is 15.3 Å². The van der Waals surface area contributed by atoms with Crippen LogP contribution in [0, 0.1) is 0 Å². The minimum absolute atomic E-state index is 0. The predicted molar refractivity (Wildman–Crippen MR) is 182 cm³/mol. The molecule has 0 aliphatic carbocycles. The number of phenols is 2. The molecule has 0 amide bonds. The number of hydrogen-bond acceptors (Lipinski definition) is 9. The van der Waals surface area contributed by atoms with Crippen molar-refractivity contribution in [1.82, 2.24) is 9.78 Å². The van der Waals surface area contributed by atoms with Gasteiger partial charge in [-0.1, -0.05) is 90.1 Å². The fourth-order valence-corrected chi connectivity index (χ4v) is 3.67. The van der Waals surface area contributed by atoms with Crippen molar-refractivity contribution in [2.45, 2.75) is 41.5 Å². The molecule has 5 rings (SSSR count). The summed E-state index contributed by atoms with van der Waals surface area (Å²) in [5.74, 6) is -0.646. The maximum absolute atomic E-state index is 12.0. The summed E-state index contributed by atoms with van der Waals surface area (Å²) in [7, 11) is 2.90. The van der Waals surface area contributed by atoms with Gasteiger partial charge in [-0.2, -0.15) is 5.11 Å². The molecule has 0 saturated carbocycles. The number of aromatic nitrogens is 2. The first-order chi connectivity index (χ1) is 22.3. The van der Waals surface area contributed by atoms with Crippen molar-refractivity contribution in [3.8, 4) is 22.9 Å². The van der Waals surface area contributed by atoms with Gasteiger partial charge < -0.3 is 20.1 Å². The number of aromatic carboxylic acids is 1. The smallest absolute Gasteiger partial charge is 0.356 e. The predicted octanol–water partition coefficient (Wildman–Crippen LogP) is 9.33. The zero-order chi connectivity index (χ0) is 34.6. The number of aromatic amines is 1. The van der Waals surface area contributed by atoms with Crippen LogP contribution in [0.3, 0.4) is 0 Å². The van der Waals surface area contributed by atoms with E-state index in [2.05, 4.69) is 25.6 Å². The third-order valence-corrected chi connectivity index (χ3v) is 5.62. The molecule has 1 radical (unpaired) electrons. The molecule has 0 atom stereocenters. The van der Waals surface area contributed by atoms with Crippen LogP contribution in [0.4, 0.5) is 17.1 Å². The summed E-state index contributed by atoms with van der Waals surface area (Å²) in [4.78, 5) is 23.0. The number of ether oxygens (including phenoxy) is 1. The monoisotopic (exact) mass is 693 g/mol. The topological polar surface area (TPSA) is 174 Å². The average Bonchev–Trinajstić information content (AvgIpc) is 3.44.